The summed E-state index contributed by atoms with van der Waals surface area (Å²) in [6.45, 7) is 3.90. The third-order valence-electron chi connectivity index (χ3n) is 2.79. The Morgan fingerprint density at radius 2 is 2.10 bits per heavy atom. The summed E-state index contributed by atoms with van der Waals surface area (Å²) >= 11 is 0. The molecule has 0 aliphatic carbocycles. The molecule has 0 amide bonds. The van der Waals surface area contributed by atoms with E-state index in [1.807, 2.05) is 13.8 Å². The molecule has 0 radical (unpaired) electrons. The van der Waals surface area contributed by atoms with Gasteiger partial charge in [-0.15, -0.1) is 0 Å². The Balaban J connectivity index is 2.15. The van der Waals surface area contributed by atoms with E-state index in [1.54, 1.807) is 10.9 Å². The predicted molar refractivity (Wildman–Crippen MR) is 72.3 cm³/mol. The van der Waals surface area contributed by atoms with Crippen LogP contribution >= 0.6 is 0 Å². The number of nitrogens with zero attached hydrogens (tertiary/aromatic N) is 2. The van der Waals surface area contributed by atoms with Gasteiger partial charge in [-0.2, -0.15) is 5.10 Å². The van der Waals surface area contributed by atoms with Crippen LogP contribution in [0.3, 0.4) is 0 Å². The van der Waals surface area contributed by atoms with Crippen molar-refractivity contribution >= 4 is 11.9 Å². The SMILES string of the molecule is CC(C)n1cc(C(=O)C=Cc2ccc(F)cc2F)cn1. The second-order valence-corrected chi connectivity index (χ2v) is 4.67. The molecule has 0 spiro atoms. The van der Waals surface area contributed by atoms with Crippen LogP contribution in [0.25, 0.3) is 6.08 Å². The van der Waals surface area contributed by atoms with Crippen LogP contribution in [-0.4, -0.2) is 15.6 Å². The average molecular weight is 276 g/mol. The van der Waals surface area contributed by atoms with Gasteiger partial charge in [0.15, 0.2) is 5.78 Å². The van der Waals surface area contributed by atoms with Crippen molar-refractivity contribution < 1.29 is 13.6 Å². The maximum absolute atomic E-state index is 13.4. The average Bonchev–Trinajstić information content (AvgIpc) is 2.87. The minimum Gasteiger partial charge on any atom is -0.289 e. The first-order valence-corrected chi connectivity index (χ1v) is 6.19. The highest BCUT2D eigenvalue weighted by Gasteiger charge is 2.07. The van der Waals surface area contributed by atoms with Crippen LogP contribution in [0, 0.1) is 11.6 Å². The Kier molecular flexibility index (Phi) is 4.08. The Labute approximate surface area is 115 Å². The summed E-state index contributed by atoms with van der Waals surface area (Å²) in [5.74, 6) is -1.63. The lowest BCUT2D eigenvalue weighted by Crippen LogP contribution is -2.00. The van der Waals surface area contributed by atoms with Gasteiger partial charge in [-0.05, 0) is 38.1 Å². The summed E-state index contributed by atoms with van der Waals surface area (Å²) in [6.07, 6.45) is 5.67. The molecule has 0 aliphatic rings. The fraction of sp³-hybridized carbons (Fsp3) is 0.200. The van der Waals surface area contributed by atoms with Crippen LogP contribution in [0.15, 0.2) is 36.7 Å². The number of ketones is 1. The topological polar surface area (TPSA) is 34.9 Å². The smallest absolute Gasteiger partial charge is 0.189 e. The molecule has 0 saturated heterocycles. The standard InChI is InChI=1S/C15H14F2N2O/c1-10(2)19-9-12(8-18-19)15(20)6-4-11-3-5-13(16)7-14(11)17/h3-10H,1-2H3. The molecule has 1 aromatic carbocycles. The fourth-order valence-electron chi connectivity index (χ4n) is 1.65. The van der Waals surface area contributed by atoms with Crippen LogP contribution < -0.4 is 0 Å². The van der Waals surface area contributed by atoms with Gasteiger partial charge in [-0.25, -0.2) is 8.78 Å². The van der Waals surface area contributed by atoms with E-state index in [2.05, 4.69) is 5.10 Å². The Bertz CT molecular complexity index is 660. The first-order chi connectivity index (χ1) is 9.47. The summed E-state index contributed by atoms with van der Waals surface area (Å²) in [5, 5.41) is 4.06. The van der Waals surface area contributed by atoms with Gasteiger partial charge >= 0.3 is 0 Å². The van der Waals surface area contributed by atoms with Gasteiger partial charge in [0.25, 0.3) is 0 Å². The molecule has 20 heavy (non-hydrogen) atoms. The number of halogens is 2. The van der Waals surface area contributed by atoms with Crippen LogP contribution in [0.1, 0.15) is 35.8 Å². The molecule has 5 heteroatoms. The van der Waals surface area contributed by atoms with E-state index in [-0.39, 0.29) is 17.4 Å². The predicted octanol–water partition coefficient (Wildman–Crippen LogP) is 3.64. The Morgan fingerprint density at radius 1 is 1.35 bits per heavy atom. The number of carbonyl (C=O) groups is 1. The monoisotopic (exact) mass is 276 g/mol. The van der Waals surface area contributed by atoms with E-state index in [1.165, 1.54) is 24.4 Å². The van der Waals surface area contributed by atoms with Gasteiger partial charge in [-0.1, -0.05) is 0 Å². The zero-order chi connectivity index (χ0) is 14.7. The lowest BCUT2D eigenvalue weighted by Gasteiger charge is -2.02. The number of allylic oxidation sites excluding steroid dienone is 1. The molecule has 0 N–H and O–H groups in total. The second-order valence-electron chi connectivity index (χ2n) is 4.67. The molecule has 1 aromatic heterocycles. The maximum Gasteiger partial charge on any atom is 0.189 e. The molecule has 0 bridgehead atoms. The zero-order valence-corrected chi connectivity index (χ0v) is 11.2. The Hall–Kier alpha value is -2.30. The highest BCUT2D eigenvalue weighted by atomic mass is 19.1. The number of carbonyl (C=O) groups excluding carboxylic acids is 1. The van der Waals surface area contributed by atoms with Crippen molar-refractivity contribution in [3.63, 3.8) is 0 Å². The van der Waals surface area contributed by atoms with E-state index in [0.717, 1.165) is 12.1 Å². The molecule has 0 saturated carbocycles. The first-order valence-electron chi connectivity index (χ1n) is 6.19. The minimum atomic E-state index is -0.702. The van der Waals surface area contributed by atoms with Gasteiger partial charge in [0.1, 0.15) is 11.6 Å². The molecular formula is C15H14F2N2O. The number of aromatic nitrogens is 2. The van der Waals surface area contributed by atoms with E-state index < -0.39 is 11.6 Å². The van der Waals surface area contributed by atoms with Crippen LogP contribution in [0.4, 0.5) is 8.78 Å². The van der Waals surface area contributed by atoms with Crippen LogP contribution in [0.2, 0.25) is 0 Å². The summed E-state index contributed by atoms with van der Waals surface area (Å²) < 4.78 is 27.8. The van der Waals surface area contributed by atoms with Crippen molar-refractivity contribution in [2.75, 3.05) is 0 Å². The molecule has 0 atom stereocenters. The molecule has 1 heterocycles. The lowest BCUT2D eigenvalue weighted by molar-refractivity contribution is 0.104. The van der Waals surface area contributed by atoms with E-state index >= 15 is 0 Å². The summed E-state index contributed by atoms with van der Waals surface area (Å²) in [5.41, 5.74) is 0.591. The summed E-state index contributed by atoms with van der Waals surface area (Å²) in [7, 11) is 0. The van der Waals surface area contributed by atoms with Crippen LogP contribution in [-0.2, 0) is 0 Å². The molecule has 2 aromatic rings. The third kappa shape index (κ3) is 3.17. The van der Waals surface area contributed by atoms with Crippen molar-refractivity contribution in [1.29, 1.82) is 0 Å². The molecule has 2 rings (SSSR count). The lowest BCUT2D eigenvalue weighted by atomic mass is 10.1. The minimum absolute atomic E-state index is 0.162. The van der Waals surface area contributed by atoms with E-state index in [0.29, 0.717) is 5.56 Å². The molecule has 0 unspecified atom stereocenters. The second kappa shape index (κ2) is 5.77. The highest BCUT2D eigenvalue weighted by molar-refractivity contribution is 6.06. The largest absolute Gasteiger partial charge is 0.289 e. The fourth-order valence-corrected chi connectivity index (χ4v) is 1.65. The number of rotatable bonds is 4. The molecule has 0 aliphatic heterocycles. The normalized spacial score (nSPS) is 11.4. The van der Waals surface area contributed by atoms with Gasteiger partial charge in [0.05, 0.1) is 11.8 Å². The van der Waals surface area contributed by atoms with Crippen molar-refractivity contribution in [3.05, 3.63) is 59.4 Å². The van der Waals surface area contributed by atoms with Gasteiger partial charge in [0, 0.05) is 23.9 Å². The third-order valence-corrected chi connectivity index (χ3v) is 2.79. The van der Waals surface area contributed by atoms with Gasteiger partial charge < -0.3 is 0 Å². The quantitative estimate of drug-likeness (QED) is 0.631. The van der Waals surface area contributed by atoms with Gasteiger partial charge in [0.2, 0.25) is 0 Å². The molecule has 104 valence electrons. The number of hydrogen-bond donors (Lipinski definition) is 0. The van der Waals surface area contributed by atoms with Crippen molar-refractivity contribution in [3.8, 4) is 0 Å². The Morgan fingerprint density at radius 3 is 2.70 bits per heavy atom. The summed E-state index contributed by atoms with van der Waals surface area (Å²) in [4.78, 5) is 11.9. The van der Waals surface area contributed by atoms with E-state index in [4.69, 9.17) is 0 Å². The van der Waals surface area contributed by atoms with Crippen LogP contribution in [0.5, 0.6) is 0 Å². The number of benzene rings is 1. The summed E-state index contributed by atoms with van der Waals surface area (Å²) in [6, 6.07) is 3.37. The molecular weight excluding hydrogens is 262 g/mol. The number of hydrogen-bond acceptors (Lipinski definition) is 2. The van der Waals surface area contributed by atoms with Crippen molar-refractivity contribution in [2.24, 2.45) is 0 Å². The molecule has 0 fully saturated rings. The molecule has 3 nitrogen and oxygen atoms in total. The van der Waals surface area contributed by atoms with Crippen molar-refractivity contribution in [2.45, 2.75) is 19.9 Å². The first kappa shape index (κ1) is 14.1. The highest BCUT2D eigenvalue weighted by Crippen LogP contribution is 2.12. The van der Waals surface area contributed by atoms with Crippen molar-refractivity contribution in [1.82, 2.24) is 9.78 Å². The maximum atomic E-state index is 13.4. The van der Waals surface area contributed by atoms with Gasteiger partial charge in [-0.3, -0.25) is 9.48 Å². The zero-order valence-electron chi connectivity index (χ0n) is 11.2. The van der Waals surface area contributed by atoms with E-state index in [9.17, 15) is 13.6 Å².